The lowest BCUT2D eigenvalue weighted by molar-refractivity contribution is -0.158. The van der Waals surface area contributed by atoms with Gasteiger partial charge in [0.15, 0.2) is 16.9 Å². The SMILES string of the molecule is O=C(N[C@@H]1C(=O)N2C(C(=O)OC(c3ccccc3)c3ccccc3)=C(Sc3ccncc3)CC[C@H]12)C(=NOC(c1ccccc1)(c1ccccc1)c1ccccc1)c1nc(NC(c2ccccc2)(c2ccccc2)c2ccccc2)sc1Cl. The fourth-order valence-electron chi connectivity index (χ4n) is 11.0. The minimum absolute atomic E-state index is 0.0168. The number of esters is 1. The van der Waals surface area contributed by atoms with E-state index in [1.807, 2.05) is 218 Å². The maximum atomic E-state index is 15.7. The van der Waals surface area contributed by atoms with E-state index in [9.17, 15) is 0 Å². The van der Waals surface area contributed by atoms with Gasteiger partial charge in [-0.05, 0) is 52.8 Å². The van der Waals surface area contributed by atoms with Crippen LogP contribution in [0.4, 0.5) is 5.13 Å². The molecule has 11 nitrogen and oxygen atoms in total. The number of thiazole rings is 1. The number of amides is 2. The van der Waals surface area contributed by atoms with Gasteiger partial charge in [0.25, 0.3) is 11.8 Å². The molecule has 83 heavy (non-hydrogen) atoms. The smallest absolute Gasteiger partial charge is 0.356 e. The van der Waals surface area contributed by atoms with Crippen LogP contribution in [0.15, 0.2) is 288 Å². The predicted octanol–water partition coefficient (Wildman–Crippen LogP) is 14.1. The van der Waals surface area contributed by atoms with Crippen molar-refractivity contribution in [1.82, 2.24) is 20.2 Å². The van der Waals surface area contributed by atoms with Crippen molar-refractivity contribution in [3.8, 4) is 0 Å². The first-order valence-electron chi connectivity index (χ1n) is 27.1. The molecule has 2 aromatic heterocycles. The van der Waals surface area contributed by atoms with Gasteiger partial charge in [-0.25, -0.2) is 9.78 Å². The van der Waals surface area contributed by atoms with E-state index in [4.69, 9.17) is 31.3 Å². The summed E-state index contributed by atoms with van der Waals surface area (Å²) in [5.74, 6) is -1.95. The quantitative estimate of drug-likeness (QED) is 0.0267. The van der Waals surface area contributed by atoms with Crippen molar-refractivity contribution in [1.29, 1.82) is 0 Å². The highest BCUT2D eigenvalue weighted by Gasteiger charge is 2.55. The first kappa shape index (κ1) is 54.2. The number of carbonyl (C=O) groups excluding carboxylic acids is 3. The summed E-state index contributed by atoms with van der Waals surface area (Å²) in [5.41, 5.74) is 3.91. The highest BCUT2D eigenvalue weighted by Crippen LogP contribution is 2.47. The number of pyridine rings is 1. The molecule has 0 saturated carbocycles. The van der Waals surface area contributed by atoms with E-state index < -0.39 is 47.1 Å². The van der Waals surface area contributed by atoms with Crippen LogP contribution >= 0.6 is 34.7 Å². The zero-order chi connectivity index (χ0) is 56.6. The van der Waals surface area contributed by atoms with Gasteiger partial charge >= 0.3 is 5.97 Å². The van der Waals surface area contributed by atoms with Crippen LogP contribution in [-0.2, 0) is 35.1 Å². The van der Waals surface area contributed by atoms with Crippen molar-refractivity contribution in [3.63, 3.8) is 0 Å². The largest absolute Gasteiger partial charge is 0.448 e. The Kier molecular flexibility index (Phi) is 15.9. The lowest BCUT2D eigenvalue weighted by Crippen LogP contribution is -2.72. The van der Waals surface area contributed by atoms with Crippen molar-refractivity contribution < 1.29 is 24.0 Å². The molecule has 1 fully saturated rings. The number of hydrogen-bond donors (Lipinski definition) is 2. The molecule has 408 valence electrons. The summed E-state index contributed by atoms with van der Waals surface area (Å²) in [6, 6.07) is 80.2. The number of allylic oxidation sites excluding steroid dienone is 1. The zero-order valence-electron chi connectivity index (χ0n) is 44.6. The Balaban J connectivity index is 0.951. The number of fused-ring (bicyclic) bond motifs is 1. The molecule has 0 unspecified atom stereocenters. The number of anilines is 1. The second-order valence-corrected chi connectivity index (χ2v) is 22.6. The molecule has 2 N–H and O–H groups in total. The molecule has 4 heterocycles. The maximum Gasteiger partial charge on any atom is 0.356 e. The van der Waals surface area contributed by atoms with Gasteiger partial charge in [-0.15, -0.1) is 0 Å². The molecule has 2 amide bonds. The third-order valence-corrected chi connectivity index (χ3v) is 17.3. The Labute approximate surface area is 494 Å². The highest BCUT2D eigenvalue weighted by molar-refractivity contribution is 8.03. The summed E-state index contributed by atoms with van der Waals surface area (Å²) in [7, 11) is 0. The predicted molar refractivity (Wildman–Crippen MR) is 327 cm³/mol. The molecular formula is C69H53ClN6O5S2. The van der Waals surface area contributed by atoms with Gasteiger partial charge in [0.05, 0.1) is 6.04 Å². The van der Waals surface area contributed by atoms with Crippen LogP contribution in [0.25, 0.3) is 0 Å². The summed E-state index contributed by atoms with van der Waals surface area (Å²) in [4.78, 5) is 65.1. The molecule has 0 spiro atoms. The Hall–Kier alpha value is -9.40. The lowest BCUT2D eigenvalue weighted by atomic mass is 9.77. The third kappa shape index (κ3) is 10.9. The molecule has 0 bridgehead atoms. The second kappa shape index (κ2) is 24.4. The lowest BCUT2D eigenvalue weighted by Gasteiger charge is -2.50. The van der Waals surface area contributed by atoms with Crippen LogP contribution in [0.5, 0.6) is 0 Å². The monoisotopic (exact) mass is 1140 g/mol. The summed E-state index contributed by atoms with van der Waals surface area (Å²) < 4.78 is 6.62. The van der Waals surface area contributed by atoms with Crippen LogP contribution in [0.3, 0.4) is 0 Å². The van der Waals surface area contributed by atoms with Crippen LogP contribution < -0.4 is 10.6 Å². The van der Waals surface area contributed by atoms with Crippen molar-refractivity contribution in [2.24, 2.45) is 5.16 Å². The van der Waals surface area contributed by atoms with Gasteiger partial charge in [0.2, 0.25) is 5.60 Å². The number of nitrogens with zero attached hydrogens (tertiary/aromatic N) is 4. The molecule has 2 aliphatic rings. The van der Waals surface area contributed by atoms with Gasteiger partial charge in [0, 0.05) is 38.9 Å². The van der Waals surface area contributed by atoms with E-state index in [-0.39, 0.29) is 21.4 Å². The molecule has 12 rings (SSSR count). The van der Waals surface area contributed by atoms with Crippen LogP contribution in [-0.4, -0.2) is 50.4 Å². The average Bonchev–Trinajstić information content (AvgIpc) is 4.12. The summed E-state index contributed by atoms with van der Waals surface area (Å²) in [6.07, 6.45) is 3.39. The standard InChI is InChI=1S/C69H53ClN6O5S2/c70-63-59(73-67(83-63)74-68(49-29-13-3-14-30-49,50-31-15-4-16-32-50)51-33-17-5-18-34-51)60(75-81-69(52-35-19-6-20-36-52,53-37-21-7-22-38-53)54-39-23-8-24-40-54)64(77)72-58-56-41-42-57(82-55-43-45-71-46-44-55)61(76(56)65(58)78)66(79)80-62(47-25-9-1-10-26-47)48-27-11-2-12-28-48/h1-40,43-46,56,58,62H,41-42H2,(H,72,77)(H,73,74)/t56-,58+/m1/s1. The first-order chi connectivity index (χ1) is 40.8. The summed E-state index contributed by atoms with van der Waals surface area (Å²) in [5, 5.41) is 12.1. The minimum atomic E-state index is -1.42. The van der Waals surface area contributed by atoms with E-state index in [2.05, 4.69) is 52.0 Å². The van der Waals surface area contributed by atoms with Crippen molar-refractivity contribution in [3.05, 3.63) is 332 Å². The maximum absolute atomic E-state index is 15.7. The number of hydrogen-bond acceptors (Lipinski definition) is 11. The molecule has 2 aliphatic heterocycles. The van der Waals surface area contributed by atoms with E-state index >= 15 is 14.4 Å². The highest BCUT2D eigenvalue weighted by atomic mass is 35.5. The zero-order valence-corrected chi connectivity index (χ0v) is 47.0. The molecule has 0 radical (unpaired) electrons. The number of nitrogens with one attached hydrogen (secondary N) is 2. The van der Waals surface area contributed by atoms with Crippen molar-refractivity contribution in [2.75, 3.05) is 5.32 Å². The number of halogens is 1. The van der Waals surface area contributed by atoms with Gasteiger partial charge in [-0.2, -0.15) is 0 Å². The molecule has 14 heteroatoms. The van der Waals surface area contributed by atoms with Gasteiger partial charge in [-0.1, -0.05) is 283 Å². The Morgan fingerprint density at radius 3 is 1.51 bits per heavy atom. The number of rotatable bonds is 19. The van der Waals surface area contributed by atoms with Gasteiger partial charge < -0.3 is 20.2 Å². The Morgan fingerprint density at radius 1 is 0.614 bits per heavy atom. The van der Waals surface area contributed by atoms with Crippen molar-refractivity contribution in [2.45, 2.75) is 47.1 Å². The fraction of sp³-hybridized carbons (Fsp3) is 0.101. The summed E-state index contributed by atoms with van der Waals surface area (Å²) >= 11 is 9.93. The number of benzene rings is 8. The fourth-order valence-corrected chi connectivity index (χ4v) is 13.2. The summed E-state index contributed by atoms with van der Waals surface area (Å²) in [6.45, 7) is 0. The van der Waals surface area contributed by atoms with Gasteiger partial charge in [0.1, 0.15) is 27.3 Å². The number of β-lactam (4-membered cyclic amide) rings is 1. The number of carbonyl (C=O) groups is 3. The number of ether oxygens (including phenoxy) is 1. The Bertz CT molecular complexity index is 3690. The Morgan fingerprint density at radius 2 is 1.05 bits per heavy atom. The van der Waals surface area contributed by atoms with Gasteiger partial charge in [-0.3, -0.25) is 19.5 Å². The number of oxime groups is 1. The van der Waals surface area contributed by atoms with E-state index in [0.29, 0.717) is 22.9 Å². The molecular weight excluding hydrogens is 1090 g/mol. The minimum Gasteiger partial charge on any atom is -0.448 e. The second-order valence-electron chi connectivity index (χ2n) is 19.9. The van der Waals surface area contributed by atoms with Crippen LogP contribution in [0.1, 0.15) is 69.1 Å². The van der Waals surface area contributed by atoms with Crippen LogP contribution in [0, 0.1) is 0 Å². The number of aromatic nitrogens is 2. The molecule has 1 saturated heterocycles. The normalized spacial score (nSPS) is 15.2. The van der Waals surface area contributed by atoms with Crippen LogP contribution in [0.2, 0.25) is 4.34 Å². The topological polar surface area (TPSA) is 135 Å². The number of thioether (sulfide) groups is 1. The molecule has 0 aliphatic carbocycles. The third-order valence-electron chi connectivity index (χ3n) is 14.9. The molecule has 2 atom stereocenters. The van der Waals surface area contributed by atoms with E-state index in [1.54, 1.807) is 12.4 Å². The van der Waals surface area contributed by atoms with Crippen molar-refractivity contribution >= 4 is 63.3 Å². The van der Waals surface area contributed by atoms with E-state index in [1.165, 1.54) is 16.7 Å². The average molecular weight is 1150 g/mol. The first-order valence-corrected chi connectivity index (χ1v) is 29.1. The van der Waals surface area contributed by atoms with E-state index in [0.717, 1.165) is 60.7 Å². The molecule has 8 aromatic carbocycles. The molecule has 10 aromatic rings.